The highest BCUT2D eigenvalue weighted by Crippen LogP contribution is 2.01. The first-order valence-corrected chi connectivity index (χ1v) is 9.18. The molecule has 0 fully saturated rings. The number of fused-ring (bicyclic) bond motifs is 1. The summed E-state index contributed by atoms with van der Waals surface area (Å²) in [4.78, 5) is 9.02. The monoisotopic (exact) mass is 373 g/mol. The van der Waals surface area contributed by atoms with Crippen LogP contribution in [0.1, 0.15) is 11.1 Å². The maximum Gasteiger partial charge on any atom is 0.202 e. The summed E-state index contributed by atoms with van der Waals surface area (Å²) in [6.07, 6.45) is 2.58. The molecule has 0 bridgehead atoms. The molecule has 2 heterocycles. The smallest absolute Gasteiger partial charge is 0.202 e. The maximum absolute atomic E-state index is 6.34. The second-order valence-electron chi connectivity index (χ2n) is 6.60. The van der Waals surface area contributed by atoms with Crippen LogP contribution < -0.4 is 32.8 Å². The normalized spacial score (nSPS) is 14.9. The van der Waals surface area contributed by atoms with Gasteiger partial charge in [-0.05, 0) is 17.5 Å². The quantitative estimate of drug-likeness (QED) is 0.494. The van der Waals surface area contributed by atoms with Crippen molar-refractivity contribution in [1.29, 1.82) is 0 Å². The molecule has 7 heteroatoms. The van der Waals surface area contributed by atoms with Gasteiger partial charge >= 0.3 is 0 Å². The molecule has 0 atom stereocenters. The van der Waals surface area contributed by atoms with Crippen LogP contribution >= 0.6 is 0 Å². The van der Waals surface area contributed by atoms with Crippen LogP contribution in [0, 0.1) is 0 Å². The van der Waals surface area contributed by atoms with Crippen molar-refractivity contribution in [2.75, 3.05) is 6.54 Å². The Morgan fingerprint density at radius 2 is 1.50 bits per heavy atom. The number of nitrogens with zero attached hydrogens (tertiary/aromatic N) is 3. The van der Waals surface area contributed by atoms with E-state index in [1.165, 1.54) is 5.56 Å². The number of benzene rings is 2. The Labute approximate surface area is 163 Å². The van der Waals surface area contributed by atoms with Gasteiger partial charge in [-0.2, -0.15) is 0 Å². The molecular weight excluding hydrogens is 350 g/mol. The second kappa shape index (κ2) is 7.87. The molecule has 2 aromatic carbocycles. The summed E-state index contributed by atoms with van der Waals surface area (Å²) >= 11 is 0. The van der Waals surface area contributed by atoms with Crippen LogP contribution in [-0.4, -0.2) is 22.1 Å². The van der Waals surface area contributed by atoms with Gasteiger partial charge in [-0.1, -0.05) is 60.7 Å². The highest BCUT2D eigenvalue weighted by atomic mass is 15.3. The topological polar surface area (TPSA) is 106 Å². The lowest BCUT2D eigenvalue weighted by atomic mass is 10.2. The molecule has 0 saturated carbocycles. The molecule has 0 aliphatic carbocycles. The summed E-state index contributed by atoms with van der Waals surface area (Å²) in [7, 11) is 0. The first kappa shape index (κ1) is 17.7. The Morgan fingerprint density at radius 1 is 0.857 bits per heavy atom. The Kier molecular flexibility index (Phi) is 4.97. The van der Waals surface area contributed by atoms with Crippen molar-refractivity contribution in [2.45, 2.75) is 13.0 Å². The largest absolute Gasteiger partial charge is 0.383 e. The molecule has 0 amide bonds. The minimum Gasteiger partial charge on any atom is -0.383 e. The zero-order valence-corrected chi connectivity index (χ0v) is 15.5. The van der Waals surface area contributed by atoms with Crippen molar-refractivity contribution in [3.05, 3.63) is 88.8 Å². The lowest BCUT2D eigenvalue weighted by molar-refractivity contribution is 0.766. The van der Waals surface area contributed by atoms with E-state index in [0.717, 1.165) is 17.3 Å². The number of hydrogen-bond donors (Lipinski definition) is 4. The summed E-state index contributed by atoms with van der Waals surface area (Å²) in [5.41, 5.74) is 15.0. The van der Waals surface area contributed by atoms with E-state index in [1.54, 1.807) is 6.33 Å². The molecule has 0 saturated heterocycles. The van der Waals surface area contributed by atoms with Gasteiger partial charge < -0.3 is 26.7 Å². The van der Waals surface area contributed by atoms with Gasteiger partial charge in [-0.15, -0.1) is 0 Å². The van der Waals surface area contributed by atoms with Crippen LogP contribution in [0.25, 0.3) is 11.6 Å². The number of aliphatic imine (C=N–C) groups is 1. The van der Waals surface area contributed by atoms with Crippen LogP contribution in [0.3, 0.4) is 0 Å². The molecule has 1 aromatic heterocycles. The summed E-state index contributed by atoms with van der Waals surface area (Å²) in [5.74, 6) is 1.42. The van der Waals surface area contributed by atoms with E-state index in [1.807, 2.05) is 41.0 Å². The highest BCUT2D eigenvalue weighted by molar-refractivity contribution is 5.90. The first-order chi connectivity index (χ1) is 13.7. The third kappa shape index (κ3) is 3.83. The fourth-order valence-corrected chi connectivity index (χ4v) is 3.19. The second-order valence-corrected chi connectivity index (χ2v) is 6.60. The molecule has 7 nitrogen and oxygen atoms in total. The molecule has 0 radical (unpaired) electrons. The fraction of sp³-hybridized carbons (Fsp3) is 0.143. The average Bonchev–Trinajstić information content (AvgIpc) is 3.08. The number of imidazole rings is 1. The van der Waals surface area contributed by atoms with Crippen molar-refractivity contribution < 1.29 is 0 Å². The van der Waals surface area contributed by atoms with E-state index in [0.29, 0.717) is 36.0 Å². The molecular formula is C21H23N7. The Balaban J connectivity index is 1.59. The third-order valence-corrected chi connectivity index (χ3v) is 4.56. The van der Waals surface area contributed by atoms with Crippen molar-refractivity contribution in [1.82, 2.24) is 20.2 Å². The molecule has 6 N–H and O–H groups in total. The molecule has 0 spiro atoms. The summed E-state index contributed by atoms with van der Waals surface area (Å²) in [5, 5.41) is 7.59. The lowest BCUT2D eigenvalue weighted by Crippen LogP contribution is -2.40. The van der Waals surface area contributed by atoms with Crippen molar-refractivity contribution in [3.8, 4) is 0 Å². The zero-order valence-electron chi connectivity index (χ0n) is 15.5. The van der Waals surface area contributed by atoms with Crippen molar-refractivity contribution >= 4 is 17.6 Å². The molecule has 0 unspecified atom stereocenters. The summed E-state index contributed by atoms with van der Waals surface area (Å²) in [6, 6.07) is 20.4. The van der Waals surface area contributed by atoms with Gasteiger partial charge in [0.1, 0.15) is 22.3 Å². The van der Waals surface area contributed by atoms with Crippen LogP contribution in [0.15, 0.2) is 72.0 Å². The number of aromatic nitrogens is 2. The SMILES string of the molecule is NC1=c2ncn(Cc3ccccc3)c2=C(N)NC(=NCCc2ccccc2)N1. The van der Waals surface area contributed by atoms with E-state index in [2.05, 4.69) is 44.9 Å². The number of hydrogen-bond acceptors (Lipinski definition) is 4. The standard InChI is InChI=1S/C21H23N7/c22-19-17-18(28(14-25-17)13-16-9-5-2-6-10-16)20(23)27-21(26-19)24-12-11-15-7-3-1-4-8-15/h1-10,14H,11-13,22-23H2,(H2,24,26,27). The Morgan fingerprint density at radius 3 is 2.21 bits per heavy atom. The Bertz CT molecular complexity index is 1100. The van der Waals surface area contributed by atoms with Gasteiger partial charge in [0.2, 0.25) is 5.96 Å². The fourth-order valence-electron chi connectivity index (χ4n) is 3.19. The number of nitrogens with one attached hydrogen (secondary N) is 2. The maximum atomic E-state index is 6.34. The van der Waals surface area contributed by atoms with E-state index < -0.39 is 0 Å². The van der Waals surface area contributed by atoms with Crippen LogP contribution in [0.5, 0.6) is 0 Å². The summed E-state index contributed by atoms with van der Waals surface area (Å²) < 4.78 is 1.98. The predicted octanol–water partition coefficient (Wildman–Crippen LogP) is -0.228. The van der Waals surface area contributed by atoms with Gasteiger partial charge in [0.05, 0.1) is 6.33 Å². The Hall–Kier alpha value is -3.74. The lowest BCUT2D eigenvalue weighted by Gasteiger charge is -2.10. The highest BCUT2D eigenvalue weighted by Gasteiger charge is 2.13. The molecule has 1 aliphatic heterocycles. The molecule has 28 heavy (non-hydrogen) atoms. The third-order valence-electron chi connectivity index (χ3n) is 4.56. The number of rotatable bonds is 5. The first-order valence-electron chi connectivity index (χ1n) is 9.18. The van der Waals surface area contributed by atoms with Gasteiger partial charge in [0.15, 0.2) is 0 Å². The van der Waals surface area contributed by atoms with E-state index in [-0.39, 0.29) is 0 Å². The van der Waals surface area contributed by atoms with Crippen LogP contribution in [-0.2, 0) is 13.0 Å². The van der Waals surface area contributed by atoms with E-state index >= 15 is 0 Å². The van der Waals surface area contributed by atoms with Crippen molar-refractivity contribution in [2.24, 2.45) is 16.5 Å². The van der Waals surface area contributed by atoms with Gasteiger partial charge in [0, 0.05) is 13.1 Å². The van der Waals surface area contributed by atoms with Crippen LogP contribution in [0.2, 0.25) is 0 Å². The van der Waals surface area contributed by atoms with Crippen LogP contribution in [0.4, 0.5) is 0 Å². The minimum absolute atomic E-state index is 0.424. The number of nitrogens with two attached hydrogens (primary N) is 2. The van der Waals surface area contributed by atoms with Crippen molar-refractivity contribution in [3.63, 3.8) is 0 Å². The average molecular weight is 373 g/mol. The molecule has 3 aromatic rings. The molecule has 4 rings (SSSR count). The molecule has 1 aliphatic rings. The minimum atomic E-state index is 0.424. The van der Waals surface area contributed by atoms with Gasteiger partial charge in [-0.25, -0.2) is 4.98 Å². The molecule has 142 valence electrons. The van der Waals surface area contributed by atoms with E-state index in [9.17, 15) is 0 Å². The van der Waals surface area contributed by atoms with E-state index in [4.69, 9.17) is 11.5 Å². The van der Waals surface area contributed by atoms with Gasteiger partial charge in [0.25, 0.3) is 0 Å². The summed E-state index contributed by atoms with van der Waals surface area (Å²) in [6.45, 7) is 1.26. The zero-order chi connectivity index (χ0) is 19.3. The van der Waals surface area contributed by atoms with Gasteiger partial charge in [-0.3, -0.25) is 4.99 Å². The number of guanidine groups is 1. The predicted molar refractivity (Wildman–Crippen MR) is 111 cm³/mol.